The first-order valence-corrected chi connectivity index (χ1v) is 10.1. The summed E-state index contributed by atoms with van der Waals surface area (Å²) in [5, 5.41) is 14.1. The minimum absolute atomic E-state index is 0.0573. The lowest BCUT2D eigenvalue weighted by Gasteiger charge is -2.28. The normalized spacial score (nSPS) is 13.6. The number of methoxy groups -OCH3 is 2. The van der Waals surface area contributed by atoms with Crippen LogP contribution in [0.25, 0.3) is 0 Å². The maximum atomic E-state index is 12.6. The molecule has 30 heavy (non-hydrogen) atoms. The molecule has 1 amide bonds. The quantitative estimate of drug-likeness (QED) is 0.525. The number of carbonyl (C=O) groups is 1. The lowest BCUT2D eigenvalue weighted by Crippen LogP contribution is -2.29. The zero-order valence-corrected chi connectivity index (χ0v) is 17.3. The highest BCUT2D eigenvalue weighted by molar-refractivity contribution is 5.99. The van der Waals surface area contributed by atoms with Crippen LogP contribution in [0.4, 0.5) is 11.4 Å². The maximum absolute atomic E-state index is 12.6. The first-order chi connectivity index (χ1) is 14.5. The van der Waals surface area contributed by atoms with Crippen molar-refractivity contribution in [1.29, 1.82) is 0 Å². The van der Waals surface area contributed by atoms with Gasteiger partial charge < -0.3 is 19.7 Å². The van der Waals surface area contributed by atoms with Gasteiger partial charge in [-0.05, 0) is 43.4 Å². The zero-order valence-electron chi connectivity index (χ0n) is 17.3. The number of nitro groups is 1. The molecule has 0 atom stereocenters. The van der Waals surface area contributed by atoms with Gasteiger partial charge in [-0.2, -0.15) is 0 Å². The number of nitrogens with zero attached hydrogens (tertiary/aromatic N) is 2. The van der Waals surface area contributed by atoms with Crippen LogP contribution in [0.1, 0.15) is 35.2 Å². The average Bonchev–Trinajstić information content (AvgIpc) is 2.79. The van der Waals surface area contributed by atoms with Gasteiger partial charge in [0.2, 0.25) is 0 Å². The van der Waals surface area contributed by atoms with E-state index < -0.39 is 10.8 Å². The number of carbonyl (C=O) groups excluding carboxylic acids is 1. The van der Waals surface area contributed by atoms with Gasteiger partial charge in [0, 0.05) is 31.4 Å². The van der Waals surface area contributed by atoms with Crippen molar-refractivity contribution in [2.75, 3.05) is 38.8 Å². The summed E-state index contributed by atoms with van der Waals surface area (Å²) >= 11 is 0. The highest BCUT2D eigenvalue weighted by Gasteiger charge is 2.24. The predicted molar refractivity (Wildman–Crippen MR) is 115 cm³/mol. The molecule has 0 bridgehead atoms. The van der Waals surface area contributed by atoms with E-state index in [0.29, 0.717) is 13.0 Å². The van der Waals surface area contributed by atoms with Crippen molar-refractivity contribution in [3.63, 3.8) is 0 Å². The van der Waals surface area contributed by atoms with E-state index in [1.807, 2.05) is 0 Å². The molecule has 0 spiro atoms. The molecule has 1 aliphatic heterocycles. The summed E-state index contributed by atoms with van der Waals surface area (Å²) in [6, 6.07) is 10.9. The third-order valence-corrected chi connectivity index (χ3v) is 5.30. The fourth-order valence-electron chi connectivity index (χ4n) is 3.64. The molecule has 0 radical (unpaired) electrons. The Bertz CT molecular complexity index is 892. The van der Waals surface area contributed by atoms with Gasteiger partial charge >= 0.3 is 0 Å². The molecule has 0 saturated carbocycles. The second kappa shape index (κ2) is 9.96. The summed E-state index contributed by atoms with van der Waals surface area (Å²) in [4.78, 5) is 25.7. The molecule has 1 N–H and O–H groups in total. The SMILES string of the molecule is COc1cc(C(=O)NCCc2ccc(N3CCCCC3)cc2)c([N+](=O)[O-])cc1OC. The highest BCUT2D eigenvalue weighted by Crippen LogP contribution is 2.34. The first-order valence-electron chi connectivity index (χ1n) is 10.1. The number of ether oxygens (including phenoxy) is 2. The number of amides is 1. The van der Waals surface area contributed by atoms with Gasteiger partial charge in [-0.15, -0.1) is 0 Å². The minimum Gasteiger partial charge on any atom is -0.493 e. The van der Waals surface area contributed by atoms with Crippen LogP contribution in [0.2, 0.25) is 0 Å². The minimum atomic E-state index is -0.601. The molecule has 0 aromatic heterocycles. The van der Waals surface area contributed by atoms with Crippen LogP contribution in [0.15, 0.2) is 36.4 Å². The number of nitrogens with one attached hydrogen (secondary N) is 1. The molecule has 1 saturated heterocycles. The fraction of sp³-hybridized carbons (Fsp3) is 0.409. The molecular weight excluding hydrogens is 386 g/mol. The lowest BCUT2D eigenvalue weighted by atomic mass is 10.1. The van der Waals surface area contributed by atoms with E-state index in [0.717, 1.165) is 18.7 Å². The van der Waals surface area contributed by atoms with E-state index in [9.17, 15) is 14.9 Å². The summed E-state index contributed by atoms with van der Waals surface area (Å²) in [5.41, 5.74) is 1.94. The van der Waals surface area contributed by atoms with E-state index >= 15 is 0 Å². The molecule has 1 heterocycles. The van der Waals surface area contributed by atoms with Gasteiger partial charge in [0.25, 0.3) is 11.6 Å². The van der Waals surface area contributed by atoms with Crippen LogP contribution in [0.3, 0.4) is 0 Å². The Morgan fingerprint density at radius 3 is 2.30 bits per heavy atom. The van der Waals surface area contributed by atoms with Crippen molar-refractivity contribution >= 4 is 17.3 Å². The van der Waals surface area contributed by atoms with Crippen LogP contribution in [-0.2, 0) is 6.42 Å². The number of anilines is 1. The van der Waals surface area contributed by atoms with Gasteiger partial charge in [0.05, 0.1) is 25.2 Å². The van der Waals surface area contributed by atoms with Gasteiger partial charge in [-0.3, -0.25) is 14.9 Å². The Hall–Kier alpha value is -3.29. The van der Waals surface area contributed by atoms with Crippen molar-refractivity contribution in [2.45, 2.75) is 25.7 Å². The van der Waals surface area contributed by atoms with Gasteiger partial charge in [-0.1, -0.05) is 12.1 Å². The van der Waals surface area contributed by atoms with Gasteiger partial charge in [-0.25, -0.2) is 0 Å². The van der Waals surface area contributed by atoms with Crippen LogP contribution in [-0.4, -0.2) is 44.7 Å². The highest BCUT2D eigenvalue weighted by atomic mass is 16.6. The van der Waals surface area contributed by atoms with E-state index in [-0.39, 0.29) is 22.7 Å². The third kappa shape index (κ3) is 5.00. The van der Waals surface area contributed by atoms with Crippen LogP contribution in [0.5, 0.6) is 11.5 Å². The molecule has 160 valence electrons. The molecule has 8 nitrogen and oxygen atoms in total. The average molecular weight is 413 g/mol. The van der Waals surface area contributed by atoms with E-state index in [4.69, 9.17) is 9.47 Å². The molecular formula is C22H27N3O5. The van der Waals surface area contributed by atoms with Crippen molar-refractivity contribution < 1.29 is 19.2 Å². The van der Waals surface area contributed by atoms with Crippen LogP contribution in [0, 0.1) is 10.1 Å². The Labute approximate surface area is 175 Å². The number of nitro benzene ring substituents is 1. The third-order valence-electron chi connectivity index (χ3n) is 5.30. The number of hydrogen-bond donors (Lipinski definition) is 1. The molecule has 1 aliphatic rings. The number of hydrogen-bond acceptors (Lipinski definition) is 6. The Kier molecular flexibility index (Phi) is 7.11. The molecule has 0 unspecified atom stereocenters. The smallest absolute Gasteiger partial charge is 0.286 e. The zero-order chi connectivity index (χ0) is 21.5. The van der Waals surface area contributed by atoms with Crippen LogP contribution < -0.4 is 19.7 Å². The number of piperidine rings is 1. The second-order valence-corrected chi connectivity index (χ2v) is 7.20. The Balaban J connectivity index is 1.62. The van der Waals surface area contributed by atoms with Crippen LogP contribution >= 0.6 is 0 Å². The fourth-order valence-corrected chi connectivity index (χ4v) is 3.64. The summed E-state index contributed by atoms with van der Waals surface area (Å²) in [6.45, 7) is 2.56. The number of rotatable bonds is 8. The van der Waals surface area contributed by atoms with Gasteiger partial charge in [0.15, 0.2) is 11.5 Å². The monoisotopic (exact) mass is 413 g/mol. The molecule has 2 aromatic rings. The maximum Gasteiger partial charge on any atom is 0.286 e. The lowest BCUT2D eigenvalue weighted by molar-refractivity contribution is -0.385. The molecule has 3 rings (SSSR count). The number of benzene rings is 2. The summed E-state index contributed by atoms with van der Waals surface area (Å²) in [6.07, 6.45) is 4.39. The topological polar surface area (TPSA) is 93.9 Å². The standard InChI is InChI=1S/C22H27N3O5/c1-29-20-14-18(19(25(27)28)15-21(20)30-2)22(26)23-11-10-16-6-8-17(9-7-16)24-12-4-3-5-13-24/h6-9,14-15H,3-5,10-13H2,1-2H3,(H,23,26). The molecule has 8 heteroatoms. The Morgan fingerprint density at radius 2 is 1.70 bits per heavy atom. The summed E-state index contributed by atoms with van der Waals surface area (Å²) < 4.78 is 10.3. The second-order valence-electron chi connectivity index (χ2n) is 7.20. The van der Waals surface area contributed by atoms with Crippen molar-refractivity contribution in [3.8, 4) is 11.5 Å². The summed E-state index contributed by atoms with van der Waals surface area (Å²) in [5.74, 6) is -0.0521. The van der Waals surface area contributed by atoms with E-state index in [2.05, 4.69) is 34.5 Å². The predicted octanol–water partition coefficient (Wildman–Crippen LogP) is 3.57. The van der Waals surface area contributed by atoms with E-state index in [1.54, 1.807) is 0 Å². The molecule has 2 aromatic carbocycles. The summed E-state index contributed by atoms with van der Waals surface area (Å²) in [7, 11) is 2.80. The Morgan fingerprint density at radius 1 is 1.07 bits per heavy atom. The van der Waals surface area contributed by atoms with Crippen molar-refractivity contribution in [3.05, 3.63) is 57.6 Å². The largest absolute Gasteiger partial charge is 0.493 e. The van der Waals surface area contributed by atoms with Crippen molar-refractivity contribution in [2.24, 2.45) is 0 Å². The molecule has 0 aliphatic carbocycles. The first kappa shape index (κ1) is 21.4. The van der Waals surface area contributed by atoms with Gasteiger partial charge in [0.1, 0.15) is 5.56 Å². The van der Waals surface area contributed by atoms with E-state index in [1.165, 1.54) is 51.3 Å². The molecule has 1 fully saturated rings. The van der Waals surface area contributed by atoms with Crippen molar-refractivity contribution in [1.82, 2.24) is 5.32 Å².